The second-order valence-electron chi connectivity index (χ2n) is 4.07. The molecule has 0 amide bonds. The number of benzene rings is 1. The predicted molar refractivity (Wildman–Crippen MR) is 61.7 cm³/mol. The van der Waals surface area contributed by atoms with E-state index in [2.05, 4.69) is 0 Å². The van der Waals surface area contributed by atoms with Gasteiger partial charge < -0.3 is 9.84 Å². The average molecular weight is 221 g/mol. The number of hydrogen-bond acceptors (Lipinski definition) is 2. The van der Waals surface area contributed by atoms with E-state index in [9.17, 15) is 4.39 Å². The summed E-state index contributed by atoms with van der Waals surface area (Å²) in [7, 11) is 1.98. The van der Waals surface area contributed by atoms with E-state index in [1.807, 2.05) is 14.1 Å². The van der Waals surface area contributed by atoms with Gasteiger partial charge in [0, 0.05) is 0 Å². The minimum absolute atomic E-state index is 0.00242. The summed E-state index contributed by atoms with van der Waals surface area (Å²) in [5.41, 5.74) is 2.08. The Bertz CT molecular complexity index is 370. The van der Waals surface area contributed by atoms with E-state index in [4.69, 9.17) is 9.84 Å². The summed E-state index contributed by atoms with van der Waals surface area (Å²) < 4.78 is 18.3. The second-order valence-corrected chi connectivity index (χ2v) is 4.07. The highest BCUT2D eigenvalue weighted by atomic mass is 19.1. The van der Waals surface area contributed by atoms with Gasteiger partial charge in [-0.15, -0.1) is 0 Å². The van der Waals surface area contributed by atoms with Crippen LogP contribution in [0.1, 0.15) is 12.0 Å². The van der Waals surface area contributed by atoms with Crippen molar-refractivity contribution in [2.75, 3.05) is 6.61 Å². The molecule has 1 aromatic rings. The molecule has 4 heteroatoms. The predicted octanol–water partition coefficient (Wildman–Crippen LogP) is 0.896. The molecule has 2 nitrogen and oxygen atoms in total. The fourth-order valence-electron chi connectivity index (χ4n) is 1.96. The van der Waals surface area contributed by atoms with E-state index in [0.29, 0.717) is 0 Å². The van der Waals surface area contributed by atoms with Crippen LogP contribution in [0.5, 0.6) is 0 Å². The quantitative estimate of drug-likeness (QED) is 0.591. The van der Waals surface area contributed by atoms with Crippen LogP contribution in [-0.2, 0) is 11.2 Å². The van der Waals surface area contributed by atoms with Gasteiger partial charge in [0.25, 0.3) is 0 Å². The molecule has 2 atom stereocenters. The molecule has 1 heterocycles. The molecule has 1 saturated heterocycles. The molecule has 16 heavy (non-hydrogen) atoms. The number of aryl methyl sites for hydroxylation is 1. The molecule has 1 radical (unpaired) electrons. The van der Waals surface area contributed by atoms with Crippen molar-refractivity contribution in [3.05, 3.63) is 29.6 Å². The molecule has 2 unspecified atom stereocenters. The van der Waals surface area contributed by atoms with Crippen molar-refractivity contribution in [2.45, 2.75) is 31.9 Å². The monoisotopic (exact) mass is 221 g/mol. The standard InChI is InChI=1S/C12H15BFO2/c1-13-10-4-3-9(14)6-8(10)2-5-11-12(7-15)16-11/h3-4,6,11-12,15H,2,5,7H2,1H3. The van der Waals surface area contributed by atoms with Crippen LogP contribution in [0.15, 0.2) is 18.2 Å². The van der Waals surface area contributed by atoms with E-state index < -0.39 is 0 Å². The van der Waals surface area contributed by atoms with Gasteiger partial charge in [0.2, 0.25) is 0 Å². The lowest BCUT2D eigenvalue weighted by Crippen LogP contribution is -2.17. The Kier molecular flexibility index (Phi) is 3.61. The van der Waals surface area contributed by atoms with E-state index in [1.165, 1.54) is 6.07 Å². The van der Waals surface area contributed by atoms with Crippen molar-refractivity contribution in [2.24, 2.45) is 0 Å². The zero-order chi connectivity index (χ0) is 11.5. The molecule has 0 spiro atoms. The second kappa shape index (κ2) is 4.98. The van der Waals surface area contributed by atoms with Gasteiger partial charge in [0.15, 0.2) is 0 Å². The van der Waals surface area contributed by atoms with Gasteiger partial charge >= 0.3 is 0 Å². The molecule has 1 aliphatic heterocycles. The molecular formula is C12H15BFO2. The van der Waals surface area contributed by atoms with Crippen LogP contribution >= 0.6 is 0 Å². The molecule has 2 rings (SSSR count). The Morgan fingerprint density at radius 1 is 1.44 bits per heavy atom. The highest BCUT2D eigenvalue weighted by molar-refractivity contribution is 6.52. The molecule has 1 aliphatic rings. The minimum atomic E-state index is -0.198. The lowest BCUT2D eigenvalue weighted by Gasteiger charge is -2.06. The van der Waals surface area contributed by atoms with Crippen molar-refractivity contribution in [1.29, 1.82) is 0 Å². The molecule has 1 fully saturated rings. The zero-order valence-electron chi connectivity index (χ0n) is 9.32. The minimum Gasteiger partial charge on any atom is -0.394 e. The maximum atomic E-state index is 13.1. The van der Waals surface area contributed by atoms with E-state index in [1.54, 1.807) is 12.1 Å². The summed E-state index contributed by atoms with van der Waals surface area (Å²) in [5.74, 6) is -0.198. The van der Waals surface area contributed by atoms with Gasteiger partial charge in [-0.1, -0.05) is 23.9 Å². The summed E-state index contributed by atoms with van der Waals surface area (Å²) >= 11 is 0. The average Bonchev–Trinajstić information content (AvgIpc) is 3.05. The van der Waals surface area contributed by atoms with Gasteiger partial charge in [-0.05, 0) is 25.0 Å². The number of halogens is 1. The van der Waals surface area contributed by atoms with Gasteiger partial charge in [0.05, 0.1) is 12.7 Å². The maximum absolute atomic E-state index is 13.1. The van der Waals surface area contributed by atoms with Crippen LogP contribution in [0.4, 0.5) is 4.39 Å². The Morgan fingerprint density at radius 2 is 2.25 bits per heavy atom. The molecule has 1 aromatic carbocycles. The van der Waals surface area contributed by atoms with Crippen molar-refractivity contribution in [1.82, 2.24) is 0 Å². The van der Waals surface area contributed by atoms with E-state index in [0.717, 1.165) is 23.9 Å². The molecule has 0 saturated carbocycles. The Hall–Kier alpha value is -0.865. The van der Waals surface area contributed by atoms with E-state index in [-0.39, 0.29) is 24.6 Å². The number of ether oxygens (including phenoxy) is 1. The van der Waals surface area contributed by atoms with Crippen molar-refractivity contribution >= 4 is 12.7 Å². The third-order valence-corrected chi connectivity index (χ3v) is 2.98. The topological polar surface area (TPSA) is 32.8 Å². The first-order valence-electron chi connectivity index (χ1n) is 5.58. The van der Waals surface area contributed by atoms with Crippen molar-refractivity contribution < 1.29 is 14.2 Å². The van der Waals surface area contributed by atoms with Crippen LogP contribution in [0.2, 0.25) is 6.82 Å². The lowest BCUT2D eigenvalue weighted by molar-refractivity contribution is 0.241. The largest absolute Gasteiger partial charge is 0.394 e. The highest BCUT2D eigenvalue weighted by Gasteiger charge is 2.37. The highest BCUT2D eigenvalue weighted by Crippen LogP contribution is 2.25. The summed E-state index contributed by atoms with van der Waals surface area (Å²) in [6.45, 7) is 2.03. The number of rotatable bonds is 5. The van der Waals surface area contributed by atoms with Gasteiger partial charge in [-0.25, -0.2) is 4.39 Å². The van der Waals surface area contributed by atoms with Crippen molar-refractivity contribution in [3.8, 4) is 0 Å². The van der Waals surface area contributed by atoms with Gasteiger partial charge in [-0.3, -0.25) is 0 Å². The number of hydrogen-bond donors (Lipinski definition) is 1. The van der Waals surface area contributed by atoms with Crippen molar-refractivity contribution in [3.63, 3.8) is 0 Å². The Morgan fingerprint density at radius 3 is 2.88 bits per heavy atom. The summed E-state index contributed by atoms with van der Waals surface area (Å²) in [6.07, 6.45) is 1.79. The summed E-state index contributed by atoms with van der Waals surface area (Å²) in [5, 5.41) is 8.83. The first-order chi connectivity index (χ1) is 7.74. The fourth-order valence-corrected chi connectivity index (χ4v) is 1.96. The van der Waals surface area contributed by atoms with Gasteiger partial charge in [0.1, 0.15) is 19.2 Å². The molecule has 1 N–H and O–H groups in total. The molecule has 85 valence electrons. The molecule has 0 aliphatic carbocycles. The van der Waals surface area contributed by atoms with Crippen LogP contribution in [0.3, 0.4) is 0 Å². The van der Waals surface area contributed by atoms with Crippen LogP contribution < -0.4 is 5.46 Å². The Labute approximate surface area is 95.7 Å². The first kappa shape index (κ1) is 11.6. The van der Waals surface area contributed by atoms with Crippen LogP contribution in [0.25, 0.3) is 0 Å². The first-order valence-corrected chi connectivity index (χ1v) is 5.58. The van der Waals surface area contributed by atoms with E-state index >= 15 is 0 Å². The maximum Gasteiger partial charge on any atom is 0.148 e. The third kappa shape index (κ3) is 2.63. The molecule has 0 aromatic heterocycles. The Balaban J connectivity index is 1.95. The number of aliphatic hydroxyl groups excluding tert-OH is 1. The fraction of sp³-hybridized carbons (Fsp3) is 0.500. The lowest BCUT2D eigenvalue weighted by atomic mass is 9.70. The summed E-state index contributed by atoms with van der Waals surface area (Å²) in [6, 6.07) is 4.84. The van der Waals surface area contributed by atoms with Crippen LogP contribution in [-0.4, -0.2) is 31.2 Å². The summed E-state index contributed by atoms with van der Waals surface area (Å²) in [4.78, 5) is 0. The zero-order valence-corrected chi connectivity index (χ0v) is 9.32. The number of epoxide rings is 1. The SMILES string of the molecule is C[B]c1ccc(F)cc1CCC1OC1CO. The third-order valence-electron chi connectivity index (χ3n) is 2.98. The smallest absolute Gasteiger partial charge is 0.148 e. The normalized spacial score (nSPS) is 23.2. The molecule has 0 bridgehead atoms. The van der Waals surface area contributed by atoms with Gasteiger partial charge in [-0.2, -0.15) is 0 Å². The number of aliphatic hydroxyl groups is 1. The van der Waals surface area contributed by atoms with Crippen LogP contribution in [0, 0.1) is 5.82 Å². The molecular weight excluding hydrogens is 206 g/mol.